The van der Waals surface area contributed by atoms with E-state index in [2.05, 4.69) is 6.92 Å². The number of carbonyl (C=O) groups is 1. The van der Waals surface area contributed by atoms with E-state index in [-0.39, 0.29) is 6.09 Å². The largest absolute Gasteiger partial charge is 0.444 e. The maximum Gasteiger partial charge on any atom is 0.410 e. The first-order chi connectivity index (χ1) is 5.88. The van der Waals surface area contributed by atoms with Crippen molar-refractivity contribution in [1.82, 2.24) is 4.90 Å². The van der Waals surface area contributed by atoms with Gasteiger partial charge in [0, 0.05) is 13.1 Å². The molecule has 1 aliphatic rings. The zero-order valence-electron chi connectivity index (χ0n) is 8.67. The molecule has 3 heteroatoms. The zero-order chi connectivity index (χ0) is 10.1. The Hall–Kier alpha value is -0.730. The minimum Gasteiger partial charge on any atom is -0.444 e. The number of ether oxygens (including phenoxy) is 1. The maximum absolute atomic E-state index is 11.5. The molecule has 0 saturated carbocycles. The molecule has 0 aromatic carbocycles. The lowest BCUT2D eigenvalue weighted by Gasteiger charge is -2.24. The molecule has 1 heterocycles. The molecule has 1 amide bonds. The van der Waals surface area contributed by atoms with Crippen molar-refractivity contribution in [1.29, 1.82) is 0 Å². The Bertz CT molecular complexity index is 196. The molecule has 13 heavy (non-hydrogen) atoms. The quantitative estimate of drug-likeness (QED) is 0.577. The van der Waals surface area contributed by atoms with Crippen LogP contribution >= 0.6 is 0 Å². The summed E-state index contributed by atoms with van der Waals surface area (Å²) in [5.74, 6) is 0.368. The zero-order valence-corrected chi connectivity index (χ0v) is 8.67. The Labute approximate surface area is 80.1 Å². The summed E-state index contributed by atoms with van der Waals surface area (Å²) in [6.45, 7) is 11.1. The van der Waals surface area contributed by atoms with Crippen LogP contribution in [0.4, 0.5) is 4.79 Å². The number of hydrogen-bond donors (Lipinski definition) is 0. The summed E-state index contributed by atoms with van der Waals surface area (Å²) >= 11 is 0. The van der Waals surface area contributed by atoms with Gasteiger partial charge in [-0.3, -0.25) is 0 Å². The van der Waals surface area contributed by atoms with Gasteiger partial charge in [-0.2, -0.15) is 0 Å². The first-order valence-corrected chi connectivity index (χ1v) is 4.69. The Morgan fingerprint density at radius 3 is 2.54 bits per heavy atom. The van der Waals surface area contributed by atoms with Gasteiger partial charge in [-0.15, -0.1) is 0 Å². The summed E-state index contributed by atoms with van der Waals surface area (Å²) in [6, 6.07) is 0. The predicted octanol–water partition coefficient (Wildman–Crippen LogP) is 2.08. The van der Waals surface area contributed by atoms with E-state index in [4.69, 9.17) is 4.74 Å². The van der Waals surface area contributed by atoms with E-state index >= 15 is 0 Å². The topological polar surface area (TPSA) is 29.5 Å². The lowest BCUT2D eigenvalue weighted by atomic mass is 10.2. The van der Waals surface area contributed by atoms with Gasteiger partial charge in [0.1, 0.15) is 5.60 Å². The number of hydrogen-bond acceptors (Lipinski definition) is 2. The maximum atomic E-state index is 11.5. The van der Waals surface area contributed by atoms with Crippen molar-refractivity contribution in [3.8, 4) is 0 Å². The fraction of sp³-hybridized carbons (Fsp3) is 0.800. The highest BCUT2D eigenvalue weighted by Gasteiger charge is 2.27. The van der Waals surface area contributed by atoms with Crippen molar-refractivity contribution in [2.75, 3.05) is 13.1 Å². The van der Waals surface area contributed by atoms with Crippen molar-refractivity contribution in [3.05, 3.63) is 6.92 Å². The van der Waals surface area contributed by atoms with E-state index < -0.39 is 5.60 Å². The molecule has 1 saturated heterocycles. The molecular formula is C10H18NO2. The highest BCUT2D eigenvalue weighted by molar-refractivity contribution is 5.68. The van der Waals surface area contributed by atoms with Gasteiger partial charge in [-0.1, -0.05) is 0 Å². The second-order valence-electron chi connectivity index (χ2n) is 4.58. The van der Waals surface area contributed by atoms with Crippen LogP contribution in [0.5, 0.6) is 0 Å². The first kappa shape index (κ1) is 10.4. The van der Waals surface area contributed by atoms with E-state index in [0.717, 1.165) is 19.5 Å². The number of nitrogens with zero attached hydrogens (tertiary/aromatic N) is 1. The normalized spacial score (nSPS) is 23.4. The highest BCUT2D eigenvalue weighted by atomic mass is 16.6. The van der Waals surface area contributed by atoms with Gasteiger partial charge in [0.15, 0.2) is 0 Å². The molecule has 1 atom stereocenters. The van der Waals surface area contributed by atoms with Crippen LogP contribution < -0.4 is 0 Å². The van der Waals surface area contributed by atoms with Gasteiger partial charge < -0.3 is 9.64 Å². The van der Waals surface area contributed by atoms with E-state index in [9.17, 15) is 4.79 Å². The Morgan fingerprint density at radius 1 is 1.54 bits per heavy atom. The molecule has 0 aromatic rings. The van der Waals surface area contributed by atoms with Gasteiger partial charge in [0.05, 0.1) is 0 Å². The molecule has 1 unspecified atom stereocenters. The van der Waals surface area contributed by atoms with Crippen LogP contribution in [-0.2, 0) is 4.74 Å². The van der Waals surface area contributed by atoms with Crippen LogP contribution in [0, 0.1) is 12.8 Å². The van der Waals surface area contributed by atoms with Crippen LogP contribution in [0.15, 0.2) is 0 Å². The van der Waals surface area contributed by atoms with Crippen LogP contribution in [0.25, 0.3) is 0 Å². The minimum absolute atomic E-state index is 0.210. The number of carbonyl (C=O) groups excluding carboxylic acids is 1. The van der Waals surface area contributed by atoms with Gasteiger partial charge in [0.25, 0.3) is 0 Å². The molecule has 3 nitrogen and oxygen atoms in total. The van der Waals surface area contributed by atoms with Crippen LogP contribution in [0.3, 0.4) is 0 Å². The average molecular weight is 184 g/mol. The van der Waals surface area contributed by atoms with E-state index in [1.165, 1.54) is 0 Å². The lowest BCUT2D eigenvalue weighted by Crippen LogP contribution is -2.35. The fourth-order valence-electron chi connectivity index (χ4n) is 1.32. The second-order valence-corrected chi connectivity index (χ2v) is 4.58. The monoisotopic (exact) mass is 184 g/mol. The van der Waals surface area contributed by atoms with Gasteiger partial charge >= 0.3 is 6.09 Å². The SMILES string of the molecule is [CH2]C1CCN(C(=O)OC(C)(C)C)C1. The van der Waals surface area contributed by atoms with Crippen molar-refractivity contribution >= 4 is 6.09 Å². The Kier molecular flexibility index (Phi) is 2.84. The van der Waals surface area contributed by atoms with Crippen molar-refractivity contribution < 1.29 is 9.53 Å². The molecule has 1 radical (unpaired) electrons. The molecule has 0 spiro atoms. The second kappa shape index (κ2) is 3.56. The van der Waals surface area contributed by atoms with E-state index in [0.29, 0.717) is 5.92 Å². The molecular weight excluding hydrogens is 166 g/mol. The number of amides is 1. The summed E-state index contributed by atoms with van der Waals surface area (Å²) < 4.78 is 5.23. The van der Waals surface area contributed by atoms with Crippen molar-refractivity contribution in [2.24, 2.45) is 5.92 Å². The number of rotatable bonds is 0. The molecule has 0 N–H and O–H groups in total. The first-order valence-electron chi connectivity index (χ1n) is 4.69. The van der Waals surface area contributed by atoms with Gasteiger partial charge in [0.2, 0.25) is 0 Å². The lowest BCUT2D eigenvalue weighted by molar-refractivity contribution is 0.0291. The van der Waals surface area contributed by atoms with E-state index in [1.807, 2.05) is 20.8 Å². The third-order valence-corrected chi connectivity index (χ3v) is 1.94. The minimum atomic E-state index is -0.393. The van der Waals surface area contributed by atoms with Crippen molar-refractivity contribution in [2.45, 2.75) is 32.8 Å². The summed E-state index contributed by atoms with van der Waals surface area (Å²) in [7, 11) is 0. The van der Waals surface area contributed by atoms with Crippen LogP contribution in [-0.4, -0.2) is 29.7 Å². The fourth-order valence-corrected chi connectivity index (χ4v) is 1.32. The van der Waals surface area contributed by atoms with E-state index in [1.54, 1.807) is 4.90 Å². The molecule has 0 aromatic heterocycles. The van der Waals surface area contributed by atoms with Gasteiger partial charge in [-0.05, 0) is 40.0 Å². The van der Waals surface area contributed by atoms with Crippen LogP contribution in [0.1, 0.15) is 27.2 Å². The molecule has 0 bridgehead atoms. The molecule has 1 rings (SSSR count). The Balaban J connectivity index is 2.41. The summed E-state index contributed by atoms with van der Waals surface area (Å²) in [4.78, 5) is 13.2. The molecule has 75 valence electrons. The Morgan fingerprint density at radius 2 is 2.15 bits per heavy atom. The summed E-state index contributed by atoms with van der Waals surface area (Å²) in [5.41, 5.74) is -0.393. The van der Waals surface area contributed by atoms with Crippen LogP contribution in [0.2, 0.25) is 0 Å². The van der Waals surface area contributed by atoms with Crippen molar-refractivity contribution in [3.63, 3.8) is 0 Å². The standard InChI is InChI=1S/C10H18NO2/c1-8-5-6-11(7-8)9(12)13-10(2,3)4/h8H,1,5-7H2,2-4H3. The predicted molar refractivity (Wildman–Crippen MR) is 51.3 cm³/mol. The highest BCUT2D eigenvalue weighted by Crippen LogP contribution is 2.18. The molecule has 0 aliphatic carbocycles. The molecule has 1 aliphatic heterocycles. The smallest absolute Gasteiger partial charge is 0.410 e. The third-order valence-electron chi connectivity index (χ3n) is 1.94. The number of likely N-dealkylation sites (tertiary alicyclic amines) is 1. The third kappa shape index (κ3) is 3.25. The summed E-state index contributed by atoms with van der Waals surface area (Å²) in [6.07, 6.45) is 0.776. The summed E-state index contributed by atoms with van der Waals surface area (Å²) in [5, 5.41) is 0. The van der Waals surface area contributed by atoms with Gasteiger partial charge in [-0.25, -0.2) is 4.79 Å². The molecule has 1 fully saturated rings. The average Bonchev–Trinajstić information content (AvgIpc) is 2.31.